The third-order valence-corrected chi connectivity index (χ3v) is 4.51. The number of hydrogen-bond donors (Lipinski definition) is 1. The zero-order valence-corrected chi connectivity index (χ0v) is 16.0. The standard InChI is InChI=1S/C23H21N3O3/c1-28-19-7-9-20(10-8-19)29-14-12-24-23(27)18-11-13-26-16-21(25-22(26)15-18)17-5-3-2-4-6-17/h2-11,13,15-16H,12,14H2,1H3,(H,24,27). The average Bonchev–Trinajstić information content (AvgIpc) is 3.21. The molecule has 0 aliphatic rings. The fourth-order valence-corrected chi connectivity index (χ4v) is 2.98. The molecule has 0 aliphatic carbocycles. The molecule has 6 nitrogen and oxygen atoms in total. The second-order valence-corrected chi connectivity index (χ2v) is 6.45. The summed E-state index contributed by atoms with van der Waals surface area (Å²) < 4.78 is 12.6. The minimum Gasteiger partial charge on any atom is -0.497 e. The van der Waals surface area contributed by atoms with Gasteiger partial charge in [0, 0.05) is 23.5 Å². The Hall–Kier alpha value is -3.80. The number of pyridine rings is 1. The highest BCUT2D eigenvalue weighted by atomic mass is 16.5. The van der Waals surface area contributed by atoms with Gasteiger partial charge in [0.15, 0.2) is 0 Å². The Labute approximate surface area is 168 Å². The van der Waals surface area contributed by atoms with Crippen molar-refractivity contribution in [2.75, 3.05) is 20.3 Å². The highest BCUT2D eigenvalue weighted by molar-refractivity contribution is 5.95. The molecule has 2 aromatic carbocycles. The van der Waals surface area contributed by atoms with Gasteiger partial charge < -0.3 is 19.2 Å². The molecule has 0 saturated carbocycles. The van der Waals surface area contributed by atoms with Crippen LogP contribution in [0.4, 0.5) is 0 Å². The molecule has 1 amide bonds. The van der Waals surface area contributed by atoms with Crippen molar-refractivity contribution in [3.63, 3.8) is 0 Å². The zero-order valence-electron chi connectivity index (χ0n) is 16.0. The van der Waals surface area contributed by atoms with Crippen LogP contribution in [0.5, 0.6) is 11.5 Å². The fourth-order valence-electron chi connectivity index (χ4n) is 2.98. The Morgan fingerprint density at radius 2 is 1.79 bits per heavy atom. The van der Waals surface area contributed by atoms with Gasteiger partial charge in [0.1, 0.15) is 23.8 Å². The zero-order chi connectivity index (χ0) is 20.1. The number of methoxy groups -OCH3 is 1. The number of nitrogens with zero attached hydrogens (tertiary/aromatic N) is 2. The first-order chi connectivity index (χ1) is 14.2. The van der Waals surface area contributed by atoms with E-state index in [0.717, 1.165) is 28.4 Å². The predicted octanol–water partition coefficient (Wildman–Crippen LogP) is 3.82. The normalized spacial score (nSPS) is 10.7. The summed E-state index contributed by atoms with van der Waals surface area (Å²) in [7, 11) is 1.62. The lowest BCUT2D eigenvalue weighted by atomic mass is 10.2. The molecule has 0 atom stereocenters. The summed E-state index contributed by atoms with van der Waals surface area (Å²) in [6, 6.07) is 20.8. The molecule has 29 heavy (non-hydrogen) atoms. The van der Waals surface area contributed by atoms with Gasteiger partial charge in [0.25, 0.3) is 5.91 Å². The molecule has 4 aromatic rings. The molecular formula is C23H21N3O3. The number of benzene rings is 2. The minimum atomic E-state index is -0.157. The maximum atomic E-state index is 12.4. The van der Waals surface area contributed by atoms with Crippen molar-refractivity contribution in [2.24, 2.45) is 0 Å². The van der Waals surface area contributed by atoms with Crippen LogP contribution in [0.25, 0.3) is 16.9 Å². The van der Waals surface area contributed by atoms with Crippen LogP contribution in [0.15, 0.2) is 79.1 Å². The molecule has 0 aliphatic heterocycles. The molecule has 146 valence electrons. The summed E-state index contributed by atoms with van der Waals surface area (Å²) in [5.41, 5.74) is 3.20. The van der Waals surface area contributed by atoms with E-state index < -0.39 is 0 Å². The number of carbonyl (C=O) groups is 1. The smallest absolute Gasteiger partial charge is 0.251 e. The molecular weight excluding hydrogens is 366 g/mol. The van der Waals surface area contributed by atoms with Crippen molar-refractivity contribution in [3.05, 3.63) is 84.7 Å². The Morgan fingerprint density at radius 3 is 2.55 bits per heavy atom. The summed E-state index contributed by atoms with van der Waals surface area (Å²) in [5.74, 6) is 1.35. The number of fused-ring (bicyclic) bond motifs is 1. The number of aromatic nitrogens is 2. The van der Waals surface area contributed by atoms with Crippen LogP contribution in [0.2, 0.25) is 0 Å². The van der Waals surface area contributed by atoms with Gasteiger partial charge >= 0.3 is 0 Å². The molecule has 0 spiro atoms. The molecule has 1 N–H and O–H groups in total. The molecule has 0 radical (unpaired) electrons. The van der Waals surface area contributed by atoms with Gasteiger partial charge in [-0.1, -0.05) is 30.3 Å². The number of hydrogen-bond acceptors (Lipinski definition) is 4. The van der Waals surface area contributed by atoms with E-state index in [1.165, 1.54) is 0 Å². The van der Waals surface area contributed by atoms with Crippen molar-refractivity contribution in [2.45, 2.75) is 0 Å². The molecule has 2 aromatic heterocycles. The molecule has 0 saturated heterocycles. The number of ether oxygens (including phenoxy) is 2. The van der Waals surface area contributed by atoms with E-state index in [9.17, 15) is 4.79 Å². The summed E-state index contributed by atoms with van der Waals surface area (Å²) in [6.07, 6.45) is 3.80. The van der Waals surface area contributed by atoms with Gasteiger partial charge in [0.2, 0.25) is 0 Å². The second kappa shape index (κ2) is 8.48. The first-order valence-electron chi connectivity index (χ1n) is 9.32. The lowest BCUT2D eigenvalue weighted by molar-refractivity contribution is 0.0947. The maximum absolute atomic E-state index is 12.4. The fraction of sp³-hybridized carbons (Fsp3) is 0.130. The summed E-state index contributed by atoms with van der Waals surface area (Å²) in [5, 5.41) is 2.87. The number of rotatable bonds is 7. The second-order valence-electron chi connectivity index (χ2n) is 6.45. The molecule has 4 rings (SSSR count). The Kier molecular flexibility index (Phi) is 5.42. The predicted molar refractivity (Wildman–Crippen MR) is 111 cm³/mol. The van der Waals surface area contributed by atoms with Gasteiger partial charge in [-0.05, 0) is 36.4 Å². The van der Waals surface area contributed by atoms with Crippen LogP contribution < -0.4 is 14.8 Å². The van der Waals surface area contributed by atoms with Crippen LogP contribution >= 0.6 is 0 Å². The largest absolute Gasteiger partial charge is 0.497 e. The van der Waals surface area contributed by atoms with E-state index >= 15 is 0 Å². The van der Waals surface area contributed by atoms with Gasteiger partial charge in [-0.2, -0.15) is 0 Å². The highest BCUT2D eigenvalue weighted by Gasteiger charge is 2.09. The molecule has 0 fully saturated rings. The summed E-state index contributed by atoms with van der Waals surface area (Å²) in [6.45, 7) is 0.779. The lowest BCUT2D eigenvalue weighted by Gasteiger charge is -2.08. The van der Waals surface area contributed by atoms with Crippen molar-refractivity contribution >= 4 is 11.6 Å². The van der Waals surface area contributed by atoms with E-state index in [4.69, 9.17) is 9.47 Å². The van der Waals surface area contributed by atoms with E-state index in [-0.39, 0.29) is 5.91 Å². The molecule has 0 unspecified atom stereocenters. The monoisotopic (exact) mass is 387 g/mol. The van der Waals surface area contributed by atoms with Crippen LogP contribution in [0.1, 0.15) is 10.4 Å². The lowest BCUT2D eigenvalue weighted by Crippen LogP contribution is -2.28. The minimum absolute atomic E-state index is 0.157. The quantitative estimate of drug-likeness (QED) is 0.490. The number of carbonyl (C=O) groups excluding carboxylic acids is 1. The van der Waals surface area contributed by atoms with E-state index in [0.29, 0.717) is 18.7 Å². The van der Waals surface area contributed by atoms with Gasteiger partial charge in [-0.3, -0.25) is 4.79 Å². The Morgan fingerprint density at radius 1 is 1.03 bits per heavy atom. The van der Waals surface area contributed by atoms with Crippen molar-refractivity contribution in [3.8, 4) is 22.8 Å². The van der Waals surface area contributed by atoms with Crippen molar-refractivity contribution in [1.29, 1.82) is 0 Å². The molecule has 2 heterocycles. The van der Waals surface area contributed by atoms with Crippen LogP contribution in [-0.2, 0) is 0 Å². The summed E-state index contributed by atoms with van der Waals surface area (Å²) >= 11 is 0. The van der Waals surface area contributed by atoms with Gasteiger partial charge in [0.05, 0.1) is 19.3 Å². The highest BCUT2D eigenvalue weighted by Crippen LogP contribution is 2.19. The number of nitrogens with one attached hydrogen (secondary N) is 1. The number of imidazole rings is 1. The van der Waals surface area contributed by atoms with Crippen molar-refractivity contribution in [1.82, 2.24) is 14.7 Å². The maximum Gasteiger partial charge on any atom is 0.251 e. The van der Waals surface area contributed by atoms with E-state index in [1.54, 1.807) is 19.2 Å². The average molecular weight is 387 g/mol. The third-order valence-electron chi connectivity index (χ3n) is 4.51. The first-order valence-corrected chi connectivity index (χ1v) is 9.32. The SMILES string of the molecule is COc1ccc(OCCNC(=O)c2ccn3cc(-c4ccccc4)nc3c2)cc1. The van der Waals surface area contributed by atoms with Crippen LogP contribution in [0, 0.1) is 0 Å². The molecule has 0 bridgehead atoms. The van der Waals surface area contributed by atoms with Crippen molar-refractivity contribution < 1.29 is 14.3 Å². The number of amides is 1. The van der Waals surface area contributed by atoms with Gasteiger partial charge in [-0.15, -0.1) is 0 Å². The van der Waals surface area contributed by atoms with Gasteiger partial charge in [-0.25, -0.2) is 4.98 Å². The first kappa shape index (κ1) is 18.6. The summed E-state index contributed by atoms with van der Waals surface area (Å²) in [4.78, 5) is 17.1. The Balaban J connectivity index is 1.35. The Bertz CT molecular complexity index is 1110. The van der Waals surface area contributed by atoms with Crippen LogP contribution in [0.3, 0.4) is 0 Å². The van der Waals surface area contributed by atoms with E-state index in [2.05, 4.69) is 10.3 Å². The molecule has 6 heteroatoms. The van der Waals surface area contributed by atoms with Crippen LogP contribution in [-0.4, -0.2) is 35.6 Å². The van der Waals surface area contributed by atoms with E-state index in [1.807, 2.05) is 71.4 Å². The third kappa shape index (κ3) is 4.38. The topological polar surface area (TPSA) is 64.9 Å².